The van der Waals surface area contributed by atoms with Gasteiger partial charge in [0.25, 0.3) is 5.91 Å². The van der Waals surface area contributed by atoms with Gasteiger partial charge in [0.1, 0.15) is 0 Å². The molecule has 156 valence electrons. The van der Waals surface area contributed by atoms with E-state index in [0.717, 1.165) is 44.5 Å². The molecular weight excluding hydrogens is 390 g/mol. The van der Waals surface area contributed by atoms with Crippen molar-refractivity contribution in [3.05, 3.63) is 48.3 Å². The lowest BCUT2D eigenvalue weighted by atomic mass is 9.97. The zero-order chi connectivity index (χ0) is 19.3. The van der Waals surface area contributed by atoms with E-state index in [1.807, 2.05) is 41.4 Å². The van der Waals surface area contributed by atoms with Gasteiger partial charge in [-0.05, 0) is 62.4 Å². The highest BCUT2D eigenvalue weighted by atomic mass is 35.5. The fraction of sp³-hybridized carbons (Fsp3) is 0.476. The van der Waals surface area contributed by atoms with Crippen LogP contribution in [0.3, 0.4) is 0 Å². The molecule has 0 radical (unpaired) electrons. The molecule has 0 saturated carbocycles. The van der Waals surface area contributed by atoms with E-state index in [-0.39, 0.29) is 30.3 Å². The largest absolute Gasteiger partial charge is 0.354 e. The van der Waals surface area contributed by atoms with Crippen molar-refractivity contribution in [2.24, 2.45) is 5.92 Å². The predicted octanol–water partition coefficient (Wildman–Crippen LogP) is 2.01. The van der Waals surface area contributed by atoms with E-state index >= 15 is 0 Å². The molecule has 2 unspecified atom stereocenters. The maximum atomic E-state index is 13.0. The Kier molecular flexibility index (Phi) is 7.28. The molecular formula is C21H28ClN5O2. The normalized spacial score (nSPS) is 21.4. The van der Waals surface area contributed by atoms with Crippen LogP contribution in [0.5, 0.6) is 0 Å². The zero-order valence-electron chi connectivity index (χ0n) is 16.4. The molecule has 1 aromatic heterocycles. The van der Waals surface area contributed by atoms with Gasteiger partial charge in [-0.25, -0.2) is 4.68 Å². The van der Waals surface area contributed by atoms with Gasteiger partial charge >= 0.3 is 0 Å². The summed E-state index contributed by atoms with van der Waals surface area (Å²) in [7, 11) is 0. The zero-order valence-corrected chi connectivity index (χ0v) is 17.2. The van der Waals surface area contributed by atoms with Crippen LogP contribution in [0.15, 0.2) is 42.7 Å². The second-order valence-corrected chi connectivity index (χ2v) is 7.65. The number of carbonyl (C=O) groups excluding carboxylic acids is 2. The van der Waals surface area contributed by atoms with Crippen molar-refractivity contribution in [2.75, 3.05) is 26.2 Å². The van der Waals surface area contributed by atoms with Crippen LogP contribution in [0.1, 0.15) is 36.0 Å². The Morgan fingerprint density at radius 3 is 2.86 bits per heavy atom. The smallest absolute Gasteiger partial charge is 0.253 e. The van der Waals surface area contributed by atoms with E-state index < -0.39 is 0 Å². The Morgan fingerprint density at radius 1 is 1.21 bits per heavy atom. The molecule has 2 aromatic rings. The van der Waals surface area contributed by atoms with Crippen molar-refractivity contribution < 1.29 is 9.59 Å². The first-order valence-corrected chi connectivity index (χ1v) is 10.1. The Balaban J connectivity index is 0.00000240. The fourth-order valence-electron chi connectivity index (χ4n) is 4.08. The summed E-state index contributed by atoms with van der Waals surface area (Å²) in [6, 6.07) is 9.37. The van der Waals surface area contributed by atoms with Gasteiger partial charge in [0.05, 0.1) is 11.7 Å². The minimum absolute atomic E-state index is 0. The van der Waals surface area contributed by atoms with Crippen molar-refractivity contribution in [1.82, 2.24) is 25.3 Å². The standard InChI is InChI=1S/C21H27N5O2.ClH/c27-20(19-8-2-9-22-19)23-14-16-5-3-11-25(15-16)21(28)17-6-1-7-18(13-17)26-12-4-10-24-26;/h1,4,6-7,10,12-13,16,19,22H,2-3,5,8-9,11,14-15H2,(H,23,27);1H. The Bertz CT molecular complexity index is 820. The van der Waals surface area contributed by atoms with E-state index in [1.165, 1.54) is 0 Å². The molecule has 0 spiro atoms. The average molecular weight is 418 g/mol. The van der Waals surface area contributed by atoms with Crippen LogP contribution in [0.2, 0.25) is 0 Å². The summed E-state index contributed by atoms with van der Waals surface area (Å²) < 4.78 is 1.75. The van der Waals surface area contributed by atoms with Crippen LogP contribution in [0, 0.1) is 5.92 Å². The maximum absolute atomic E-state index is 13.0. The highest BCUT2D eigenvalue weighted by molar-refractivity contribution is 5.94. The molecule has 29 heavy (non-hydrogen) atoms. The number of benzene rings is 1. The van der Waals surface area contributed by atoms with E-state index in [1.54, 1.807) is 10.9 Å². The monoisotopic (exact) mass is 417 g/mol. The third-order valence-corrected chi connectivity index (χ3v) is 5.61. The highest BCUT2D eigenvalue weighted by Crippen LogP contribution is 2.19. The van der Waals surface area contributed by atoms with Crippen molar-refractivity contribution >= 4 is 24.2 Å². The first-order chi connectivity index (χ1) is 13.7. The first-order valence-electron chi connectivity index (χ1n) is 10.1. The quantitative estimate of drug-likeness (QED) is 0.780. The third kappa shape index (κ3) is 5.16. The van der Waals surface area contributed by atoms with Crippen LogP contribution < -0.4 is 10.6 Å². The fourth-order valence-corrected chi connectivity index (χ4v) is 4.08. The summed E-state index contributed by atoms with van der Waals surface area (Å²) in [4.78, 5) is 27.1. The number of rotatable bonds is 5. The van der Waals surface area contributed by atoms with Gasteiger partial charge in [0, 0.05) is 37.6 Å². The number of halogens is 1. The Hall–Kier alpha value is -2.38. The molecule has 2 aliphatic rings. The molecule has 0 aliphatic carbocycles. The summed E-state index contributed by atoms with van der Waals surface area (Å²) >= 11 is 0. The van der Waals surface area contributed by atoms with Gasteiger partial charge in [0.15, 0.2) is 0 Å². The molecule has 2 atom stereocenters. The highest BCUT2D eigenvalue weighted by Gasteiger charge is 2.27. The second-order valence-electron chi connectivity index (χ2n) is 7.65. The molecule has 8 heteroatoms. The van der Waals surface area contributed by atoms with Crippen molar-refractivity contribution in [2.45, 2.75) is 31.7 Å². The number of likely N-dealkylation sites (tertiary alicyclic amines) is 1. The third-order valence-electron chi connectivity index (χ3n) is 5.61. The van der Waals surface area contributed by atoms with Crippen LogP contribution in [-0.4, -0.2) is 58.7 Å². The molecule has 2 aliphatic heterocycles. The minimum atomic E-state index is -0.0497. The van der Waals surface area contributed by atoms with Gasteiger partial charge < -0.3 is 15.5 Å². The number of piperidine rings is 1. The lowest BCUT2D eigenvalue weighted by Crippen LogP contribution is -2.46. The number of nitrogens with zero attached hydrogens (tertiary/aromatic N) is 3. The van der Waals surface area contributed by atoms with Crippen LogP contribution in [0.25, 0.3) is 5.69 Å². The van der Waals surface area contributed by atoms with Crippen LogP contribution >= 0.6 is 12.4 Å². The predicted molar refractivity (Wildman–Crippen MR) is 113 cm³/mol. The summed E-state index contributed by atoms with van der Waals surface area (Å²) in [5, 5.41) is 10.5. The molecule has 2 saturated heterocycles. The van der Waals surface area contributed by atoms with Crippen molar-refractivity contribution in [1.29, 1.82) is 0 Å². The van der Waals surface area contributed by atoms with E-state index in [9.17, 15) is 9.59 Å². The van der Waals surface area contributed by atoms with Gasteiger partial charge in [-0.15, -0.1) is 12.4 Å². The lowest BCUT2D eigenvalue weighted by Gasteiger charge is -2.33. The summed E-state index contributed by atoms with van der Waals surface area (Å²) in [6.45, 7) is 3.00. The molecule has 7 nitrogen and oxygen atoms in total. The van der Waals surface area contributed by atoms with Crippen LogP contribution in [-0.2, 0) is 4.79 Å². The van der Waals surface area contributed by atoms with Gasteiger partial charge in [-0.3, -0.25) is 9.59 Å². The maximum Gasteiger partial charge on any atom is 0.253 e. The molecule has 2 N–H and O–H groups in total. The van der Waals surface area contributed by atoms with E-state index in [4.69, 9.17) is 0 Å². The summed E-state index contributed by atoms with van der Waals surface area (Å²) in [5.74, 6) is 0.438. The molecule has 2 fully saturated rings. The van der Waals surface area contributed by atoms with E-state index in [2.05, 4.69) is 15.7 Å². The topological polar surface area (TPSA) is 79.3 Å². The number of amides is 2. The number of hydrogen-bond donors (Lipinski definition) is 2. The number of aromatic nitrogens is 2. The van der Waals surface area contributed by atoms with Gasteiger partial charge in [-0.2, -0.15) is 5.10 Å². The molecule has 2 amide bonds. The number of nitrogens with one attached hydrogen (secondary N) is 2. The molecule has 0 bridgehead atoms. The lowest BCUT2D eigenvalue weighted by molar-refractivity contribution is -0.123. The molecule has 4 rings (SSSR count). The second kappa shape index (κ2) is 9.89. The van der Waals surface area contributed by atoms with Crippen LogP contribution in [0.4, 0.5) is 0 Å². The van der Waals surface area contributed by atoms with E-state index in [0.29, 0.717) is 24.6 Å². The summed E-state index contributed by atoms with van der Waals surface area (Å²) in [6.07, 6.45) is 7.55. The number of hydrogen-bond acceptors (Lipinski definition) is 4. The minimum Gasteiger partial charge on any atom is -0.354 e. The molecule has 1 aromatic carbocycles. The SMILES string of the molecule is Cl.O=C(NCC1CCCN(C(=O)c2cccc(-n3cccn3)c2)C1)C1CCCN1. The summed E-state index contributed by atoms with van der Waals surface area (Å²) in [5.41, 5.74) is 1.55. The Morgan fingerprint density at radius 2 is 2.10 bits per heavy atom. The molecule has 3 heterocycles. The van der Waals surface area contributed by atoms with Crippen molar-refractivity contribution in [3.8, 4) is 5.69 Å². The first kappa shape index (κ1) is 21.3. The van der Waals surface area contributed by atoms with Gasteiger partial charge in [0.2, 0.25) is 5.91 Å². The van der Waals surface area contributed by atoms with Gasteiger partial charge in [-0.1, -0.05) is 6.07 Å². The number of carbonyl (C=O) groups is 2. The van der Waals surface area contributed by atoms with Crippen molar-refractivity contribution in [3.63, 3.8) is 0 Å². The average Bonchev–Trinajstić information content (AvgIpc) is 3.46. The Labute approximate surface area is 177 Å².